The van der Waals surface area contributed by atoms with Crippen LogP contribution in [0.25, 0.3) is 0 Å². The lowest BCUT2D eigenvalue weighted by molar-refractivity contribution is 0.304. The number of piperidine rings is 1. The summed E-state index contributed by atoms with van der Waals surface area (Å²) in [7, 11) is 0. The van der Waals surface area contributed by atoms with Gasteiger partial charge in [0.1, 0.15) is 0 Å². The van der Waals surface area contributed by atoms with Crippen LogP contribution in [0.2, 0.25) is 0 Å². The van der Waals surface area contributed by atoms with Crippen LogP contribution in [-0.2, 0) is 0 Å². The summed E-state index contributed by atoms with van der Waals surface area (Å²) >= 11 is 1.25. The van der Waals surface area contributed by atoms with Gasteiger partial charge in [0.05, 0.1) is 18.3 Å². The van der Waals surface area contributed by atoms with E-state index < -0.39 is 0 Å². The van der Waals surface area contributed by atoms with E-state index in [2.05, 4.69) is 34.4 Å². The number of hydrogen-bond acceptors (Lipinski definition) is 5. The monoisotopic (exact) mass is 255 g/mol. The van der Waals surface area contributed by atoms with Crippen molar-refractivity contribution in [3.05, 3.63) is 0 Å². The Kier molecular flexibility index (Phi) is 4.20. The Bertz CT molecular complexity index is 345. The molecule has 0 N–H and O–H groups in total. The summed E-state index contributed by atoms with van der Waals surface area (Å²) in [6, 6.07) is 1.07. The second-order valence-electron chi connectivity index (χ2n) is 4.78. The summed E-state index contributed by atoms with van der Waals surface area (Å²) in [6.07, 6.45) is 4.77. The quantitative estimate of drug-likeness (QED) is 0.828. The molecule has 1 fully saturated rings. The number of nitrogens with zero attached hydrogens (tertiary/aromatic N) is 3. The molecule has 5 heteroatoms. The van der Waals surface area contributed by atoms with Crippen molar-refractivity contribution in [1.82, 2.24) is 8.75 Å². The highest BCUT2D eigenvalue weighted by Crippen LogP contribution is 2.34. The van der Waals surface area contributed by atoms with E-state index in [-0.39, 0.29) is 0 Å². The van der Waals surface area contributed by atoms with Crippen LogP contribution in [0.4, 0.5) is 5.82 Å². The van der Waals surface area contributed by atoms with Crippen LogP contribution in [0, 0.1) is 0 Å². The maximum absolute atomic E-state index is 5.67. The van der Waals surface area contributed by atoms with Crippen molar-refractivity contribution >= 4 is 17.5 Å². The second-order valence-corrected chi connectivity index (χ2v) is 5.31. The number of aromatic nitrogens is 2. The molecule has 17 heavy (non-hydrogen) atoms. The van der Waals surface area contributed by atoms with Crippen LogP contribution < -0.4 is 9.64 Å². The van der Waals surface area contributed by atoms with Gasteiger partial charge in [0.15, 0.2) is 0 Å². The first-order valence-corrected chi connectivity index (χ1v) is 7.20. The fourth-order valence-electron chi connectivity index (χ4n) is 2.46. The summed E-state index contributed by atoms with van der Waals surface area (Å²) in [6.45, 7) is 7.35. The summed E-state index contributed by atoms with van der Waals surface area (Å²) in [5.41, 5.74) is 0. The summed E-state index contributed by atoms with van der Waals surface area (Å²) in [5, 5.41) is 0. The van der Waals surface area contributed by atoms with Gasteiger partial charge in [-0.25, -0.2) is 0 Å². The zero-order valence-electron chi connectivity index (χ0n) is 10.8. The second kappa shape index (κ2) is 5.67. The maximum atomic E-state index is 5.67. The Hall–Kier alpha value is -0.840. The van der Waals surface area contributed by atoms with E-state index in [1.807, 2.05) is 0 Å². The molecule has 0 aromatic carbocycles. The van der Waals surface area contributed by atoms with Gasteiger partial charge in [0.2, 0.25) is 5.82 Å². The highest BCUT2D eigenvalue weighted by molar-refractivity contribution is 6.99. The van der Waals surface area contributed by atoms with Crippen LogP contribution in [0.5, 0.6) is 5.88 Å². The summed E-state index contributed by atoms with van der Waals surface area (Å²) in [5.74, 6) is 1.67. The minimum atomic E-state index is 0.534. The molecule has 2 unspecified atom stereocenters. The molecule has 0 amide bonds. The normalized spacial score (nSPS) is 25.0. The van der Waals surface area contributed by atoms with Crippen molar-refractivity contribution in [3.8, 4) is 5.88 Å². The third kappa shape index (κ3) is 2.70. The molecule has 1 aromatic rings. The lowest BCUT2D eigenvalue weighted by atomic mass is 9.98. The van der Waals surface area contributed by atoms with Crippen LogP contribution >= 0.6 is 11.7 Å². The van der Waals surface area contributed by atoms with E-state index in [9.17, 15) is 0 Å². The zero-order valence-corrected chi connectivity index (χ0v) is 11.7. The number of anilines is 1. The van der Waals surface area contributed by atoms with Crippen molar-refractivity contribution in [2.45, 2.75) is 58.5 Å². The Morgan fingerprint density at radius 1 is 1.29 bits per heavy atom. The van der Waals surface area contributed by atoms with E-state index >= 15 is 0 Å². The molecule has 1 aliphatic heterocycles. The first kappa shape index (κ1) is 12.6. The van der Waals surface area contributed by atoms with Crippen molar-refractivity contribution in [2.24, 2.45) is 0 Å². The average molecular weight is 255 g/mol. The van der Waals surface area contributed by atoms with Crippen molar-refractivity contribution in [2.75, 3.05) is 11.5 Å². The van der Waals surface area contributed by atoms with Crippen LogP contribution in [-0.4, -0.2) is 27.4 Å². The number of hydrogen-bond donors (Lipinski definition) is 0. The zero-order chi connectivity index (χ0) is 12.3. The first-order chi connectivity index (χ1) is 8.24. The molecule has 1 aliphatic rings. The number of ether oxygens (including phenoxy) is 1. The molecule has 96 valence electrons. The van der Waals surface area contributed by atoms with Gasteiger partial charge in [0.25, 0.3) is 5.88 Å². The van der Waals surface area contributed by atoms with E-state index in [1.165, 1.54) is 31.0 Å². The smallest absolute Gasteiger partial charge is 0.270 e. The van der Waals surface area contributed by atoms with Crippen molar-refractivity contribution in [1.29, 1.82) is 0 Å². The molecule has 1 saturated heterocycles. The largest absolute Gasteiger partial charge is 0.474 e. The van der Waals surface area contributed by atoms with Gasteiger partial charge in [-0.15, -0.1) is 4.37 Å². The fourth-order valence-corrected chi connectivity index (χ4v) is 2.96. The molecule has 0 aliphatic carbocycles. The Balaban J connectivity index is 2.16. The van der Waals surface area contributed by atoms with Gasteiger partial charge >= 0.3 is 0 Å². The van der Waals surface area contributed by atoms with Gasteiger partial charge in [-0.3, -0.25) is 0 Å². The summed E-state index contributed by atoms with van der Waals surface area (Å²) in [4.78, 5) is 2.37. The lowest BCUT2D eigenvalue weighted by Crippen LogP contribution is -2.44. The highest BCUT2D eigenvalue weighted by atomic mass is 32.1. The summed E-state index contributed by atoms with van der Waals surface area (Å²) < 4.78 is 14.4. The minimum Gasteiger partial charge on any atom is -0.474 e. The molecule has 2 heterocycles. The third-order valence-corrected chi connectivity index (χ3v) is 3.83. The molecule has 0 saturated carbocycles. The average Bonchev–Trinajstić information content (AvgIpc) is 2.74. The third-order valence-electron chi connectivity index (χ3n) is 3.32. The van der Waals surface area contributed by atoms with Crippen molar-refractivity contribution in [3.63, 3.8) is 0 Å². The minimum absolute atomic E-state index is 0.534. The molecular weight excluding hydrogens is 234 g/mol. The highest BCUT2D eigenvalue weighted by Gasteiger charge is 2.29. The molecule has 2 rings (SSSR count). The number of rotatable bonds is 4. The van der Waals surface area contributed by atoms with Gasteiger partial charge in [0, 0.05) is 12.1 Å². The SMILES string of the molecule is CCCOc1nsnc1N1C(C)CCCC1C. The van der Waals surface area contributed by atoms with E-state index in [1.54, 1.807) is 0 Å². The van der Waals surface area contributed by atoms with Gasteiger partial charge in [-0.2, -0.15) is 4.37 Å². The molecule has 4 nitrogen and oxygen atoms in total. The predicted octanol–water partition coefficient (Wildman–Crippen LogP) is 3.09. The predicted molar refractivity (Wildman–Crippen MR) is 70.9 cm³/mol. The fraction of sp³-hybridized carbons (Fsp3) is 0.833. The topological polar surface area (TPSA) is 38.3 Å². The molecule has 0 spiro atoms. The molecular formula is C12H21N3OS. The van der Waals surface area contributed by atoms with Gasteiger partial charge in [-0.05, 0) is 39.5 Å². The van der Waals surface area contributed by atoms with Crippen molar-refractivity contribution < 1.29 is 4.74 Å². The molecule has 0 radical (unpaired) electrons. The van der Waals surface area contributed by atoms with Gasteiger partial charge in [-0.1, -0.05) is 6.92 Å². The first-order valence-electron chi connectivity index (χ1n) is 6.47. The molecule has 2 atom stereocenters. The van der Waals surface area contributed by atoms with E-state index in [0.29, 0.717) is 12.1 Å². The van der Waals surface area contributed by atoms with E-state index in [0.717, 1.165) is 24.7 Å². The molecule has 0 bridgehead atoms. The standard InChI is InChI=1S/C12H21N3OS/c1-4-8-16-12-11(13-17-14-12)15-9(2)6-5-7-10(15)3/h9-10H,4-8H2,1-3H3. The Morgan fingerprint density at radius 2 is 2.00 bits per heavy atom. The van der Waals surface area contributed by atoms with Crippen LogP contribution in [0.15, 0.2) is 0 Å². The molecule has 1 aromatic heterocycles. The van der Waals surface area contributed by atoms with Crippen LogP contribution in [0.3, 0.4) is 0 Å². The Morgan fingerprint density at radius 3 is 2.65 bits per heavy atom. The van der Waals surface area contributed by atoms with Gasteiger partial charge < -0.3 is 9.64 Å². The Labute approximate surface area is 107 Å². The lowest BCUT2D eigenvalue weighted by Gasteiger charge is -2.39. The van der Waals surface area contributed by atoms with Crippen LogP contribution in [0.1, 0.15) is 46.5 Å². The van der Waals surface area contributed by atoms with E-state index in [4.69, 9.17) is 4.74 Å². The maximum Gasteiger partial charge on any atom is 0.270 e.